The van der Waals surface area contributed by atoms with Crippen molar-refractivity contribution in [2.75, 3.05) is 0 Å². The Labute approximate surface area is 77.0 Å². The van der Waals surface area contributed by atoms with Crippen molar-refractivity contribution in [2.45, 2.75) is 39.0 Å². The van der Waals surface area contributed by atoms with Crippen LogP contribution in [-0.2, 0) is 6.54 Å². The fraction of sp³-hybridized carbons (Fsp3) is 0.750. The minimum atomic E-state index is -0.901. The van der Waals surface area contributed by atoms with Crippen molar-refractivity contribution in [2.24, 2.45) is 0 Å². The van der Waals surface area contributed by atoms with Gasteiger partial charge < -0.3 is 10.2 Å². The van der Waals surface area contributed by atoms with E-state index >= 15 is 0 Å². The third-order valence-electron chi connectivity index (χ3n) is 1.84. The summed E-state index contributed by atoms with van der Waals surface area (Å²) in [5, 5.41) is 26.2. The average Bonchev–Trinajstić information content (AvgIpc) is 2.52. The Balaban J connectivity index is 2.80. The van der Waals surface area contributed by atoms with E-state index in [9.17, 15) is 5.11 Å². The molecule has 13 heavy (non-hydrogen) atoms. The molecule has 1 aromatic rings. The first-order chi connectivity index (χ1) is 6.16. The number of aromatic nitrogens is 3. The first kappa shape index (κ1) is 10.1. The molecule has 1 heterocycles. The maximum Gasteiger partial charge on any atom is 0.123 e. The molecule has 1 rings (SSSR count). The average molecular weight is 185 g/mol. The maximum atomic E-state index is 9.54. The van der Waals surface area contributed by atoms with Gasteiger partial charge >= 0.3 is 0 Å². The predicted octanol–water partition coefficient (Wildman–Crippen LogP) is 0.102. The third-order valence-corrected chi connectivity index (χ3v) is 1.84. The molecule has 2 unspecified atom stereocenters. The molecule has 0 saturated carbocycles. The van der Waals surface area contributed by atoms with Crippen molar-refractivity contribution >= 4 is 0 Å². The number of aliphatic hydroxyl groups excluding tert-OH is 2. The lowest BCUT2D eigenvalue weighted by Gasteiger charge is -2.13. The minimum Gasteiger partial charge on any atom is -0.390 e. The van der Waals surface area contributed by atoms with Crippen LogP contribution in [0.2, 0.25) is 0 Å². The molecule has 0 radical (unpaired) electrons. The molecule has 5 nitrogen and oxygen atoms in total. The smallest absolute Gasteiger partial charge is 0.123 e. The summed E-state index contributed by atoms with van der Waals surface area (Å²) < 4.78 is 1.61. The molecule has 1 aromatic heterocycles. The van der Waals surface area contributed by atoms with Gasteiger partial charge in [0.15, 0.2) is 0 Å². The van der Waals surface area contributed by atoms with E-state index in [4.69, 9.17) is 5.11 Å². The number of aliphatic hydroxyl groups is 2. The number of hydrogen-bond donors (Lipinski definition) is 2. The number of aryl methyl sites for hydroxylation is 1. The lowest BCUT2D eigenvalue weighted by molar-refractivity contribution is 0.0248. The van der Waals surface area contributed by atoms with Crippen molar-refractivity contribution in [1.29, 1.82) is 0 Å². The highest BCUT2D eigenvalue weighted by Gasteiger charge is 2.18. The summed E-state index contributed by atoms with van der Waals surface area (Å²) in [5.74, 6) is 0. The lowest BCUT2D eigenvalue weighted by atomic mass is 10.2. The Kier molecular flexibility index (Phi) is 3.39. The first-order valence-electron chi connectivity index (χ1n) is 4.41. The van der Waals surface area contributed by atoms with Crippen LogP contribution in [0.4, 0.5) is 0 Å². The summed E-state index contributed by atoms with van der Waals surface area (Å²) in [6.45, 7) is 4.26. The van der Waals surface area contributed by atoms with Gasteiger partial charge in [0.05, 0.1) is 18.0 Å². The fourth-order valence-corrected chi connectivity index (χ4v) is 1.13. The van der Waals surface area contributed by atoms with Crippen molar-refractivity contribution in [3.05, 3.63) is 11.9 Å². The van der Waals surface area contributed by atoms with E-state index in [1.54, 1.807) is 4.68 Å². The molecule has 0 aliphatic heterocycles. The number of rotatable bonds is 4. The van der Waals surface area contributed by atoms with E-state index in [0.29, 0.717) is 12.2 Å². The molecule has 74 valence electrons. The van der Waals surface area contributed by atoms with Crippen LogP contribution in [-0.4, -0.2) is 31.3 Å². The van der Waals surface area contributed by atoms with Gasteiger partial charge in [-0.2, -0.15) is 0 Å². The SMILES string of the molecule is CCCn1nncc1C(O)C(C)O. The normalized spacial score (nSPS) is 15.7. The highest BCUT2D eigenvalue weighted by molar-refractivity contribution is 5.00. The molecule has 0 fully saturated rings. The summed E-state index contributed by atoms with van der Waals surface area (Å²) in [6.07, 6.45) is 0.700. The summed E-state index contributed by atoms with van der Waals surface area (Å²) >= 11 is 0. The highest BCUT2D eigenvalue weighted by Crippen LogP contribution is 2.14. The minimum absolute atomic E-state index is 0.567. The molecule has 0 bridgehead atoms. The van der Waals surface area contributed by atoms with Crippen LogP contribution in [0.15, 0.2) is 6.20 Å². The van der Waals surface area contributed by atoms with Gasteiger partial charge in [0.2, 0.25) is 0 Å². The van der Waals surface area contributed by atoms with Crippen LogP contribution in [0.1, 0.15) is 32.1 Å². The lowest BCUT2D eigenvalue weighted by Crippen LogP contribution is -2.18. The van der Waals surface area contributed by atoms with Gasteiger partial charge in [-0.05, 0) is 13.3 Å². The van der Waals surface area contributed by atoms with Crippen LogP contribution >= 0.6 is 0 Å². The second kappa shape index (κ2) is 4.34. The van der Waals surface area contributed by atoms with E-state index in [0.717, 1.165) is 6.42 Å². The van der Waals surface area contributed by atoms with Crippen LogP contribution in [0.3, 0.4) is 0 Å². The second-order valence-electron chi connectivity index (χ2n) is 3.07. The van der Waals surface area contributed by atoms with Gasteiger partial charge in [-0.1, -0.05) is 12.1 Å². The Morgan fingerprint density at radius 2 is 2.23 bits per heavy atom. The fourth-order valence-electron chi connectivity index (χ4n) is 1.13. The summed E-state index contributed by atoms with van der Waals surface area (Å²) in [7, 11) is 0. The second-order valence-corrected chi connectivity index (χ2v) is 3.07. The zero-order valence-corrected chi connectivity index (χ0v) is 7.88. The molecule has 0 aliphatic carbocycles. The summed E-state index contributed by atoms with van der Waals surface area (Å²) in [6, 6.07) is 0. The van der Waals surface area contributed by atoms with Crippen LogP contribution < -0.4 is 0 Å². The van der Waals surface area contributed by atoms with E-state index in [1.165, 1.54) is 13.1 Å². The topological polar surface area (TPSA) is 71.2 Å². The quantitative estimate of drug-likeness (QED) is 0.698. The van der Waals surface area contributed by atoms with Crippen LogP contribution in [0.25, 0.3) is 0 Å². The van der Waals surface area contributed by atoms with Gasteiger partial charge in [0.25, 0.3) is 0 Å². The molecule has 5 heteroatoms. The first-order valence-corrected chi connectivity index (χ1v) is 4.41. The van der Waals surface area contributed by atoms with Gasteiger partial charge in [-0.3, -0.25) is 0 Å². The zero-order chi connectivity index (χ0) is 9.84. The molecule has 0 saturated heterocycles. The van der Waals surface area contributed by atoms with E-state index in [2.05, 4.69) is 10.3 Å². The van der Waals surface area contributed by atoms with Gasteiger partial charge in [0, 0.05) is 6.54 Å². The molecule has 2 N–H and O–H groups in total. The van der Waals surface area contributed by atoms with Crippen LogP contribution in [0.5, 0.6) is 0 Å². The Morgan fingerprint density at radius 3 is 2.77 bits per heavy atom. The summed E-state index contributed by atoms with van der Waals surface area (Å²) in [5.41, 5.74) is 0.567. The predicted molar refractivity (Wildman–Crippen MR) is 47.0 cm³/mol. The molecule has 0 aliphatic rings. The van der Waals surface area contributed by atoms with E-state index in [-0.39, 0.29) is 0 Å². The highest BCUT2D eigenvalue weighted by atomic mass is 16.3. The summed E-state index contributed by atoms with van der Waals surface area (Å²) in [4.78, 5) is 0. The van der Waals surface area contributed by atoms with Crippen molar-refractivity contribution in [3.8, 4) is 0 Å². The van der Waals surface area contributed by atoms with Crippen molar-refractivity contribution < 1.29 is 10.2 Å². The number of nitrogens with zero attached hydrogens (tertiary/aromatic N) is 3. The van der Waals surface area contributed by atoms with Crippen molar-refractivity contribution in [3.63, 3.8) is 0 Å². The van der Waals surface area contributed by atoms with Gasteiger partial charge in [-0.15, -0.1) is 5.10 Å². The monoisotopic (exact) mass is 185 g/mol. The number of hydrogen-bond acceptors (Lipinski definition) is 4. The molecular weight excluding hydrogens is 170 g/mol. The molecule has 0 spiro atoms. The Morgan fingerprint density at radius 1 is 1.54 bits per heavy atom. The van der Waals surface area contributed by atoms with Crippen molar-refractivity contribution in [1.82, 2.24) is 15.0 Å². The maximum absolute atomic E-state index is 9.54. The Bertz CT molecular complexity index is 260. The molecule has 0 aromatic carbocycles. The standard InChI is InChI=1S/C8H15N3O2/c1-3-4-11-7(5-9-10-11)8(13)6(2)12/h5-6,8,12-13H,3-4H2,1-2H3. The zero-order valence-electron chi connectivity index (χ0n) is 7.88. The van der Waals surface area contributed by atoms with Gasteiger partial charge in [-0.25, -0.2) is 4.68 Å². The molecule has 0 amide bonds. The van der Waals surface area contributed by atoms with Crippen LogP contribution in [0, 0.1) is 0 Å². The third kappa shape index (κ3) is 2.26. The molecule has 2 atom stereocenters. The Hall–Kier alpha value is -0.940. The largest absolute Gasteiger partial charge is 0.390 e. The molecular formula is C8H15N3O2. The van der Waals surface area contributed by atoms with E-state index < -0.39 is 12.2 Å². The van der Waals surface area contributed by atoms with Gasteiger partial charge in [0.1, 0.15) is 6.10 Å². The van der Waals surface area contributed by atoms with E-state index in [1.807, 2.05) is 6.92 Å².